The summed E-state index contributed by atoms with van der Waals surface area (Å²) in [5.41, 5.74) is 7.36. The van der Waals surface area contributed by atoms with Crippen LogP contribution in [0.1, 0.15) is 49.8 Å². The van der Waals surface area contributed by atoms with Crippen molar-refractivity contribution in [3.63, 3.8) is 0 Å². The molecule has 1 aromatic rings. The molecule has 19 heavy (non-hydrogen) atoms. The van der Waals surface area contributed by atoms with Gasteiger partial charge in [-0.25, -0.2) is 0 Å². The molecule has 0 bridgehead atoms. The molecule has 1 amide bonds. The summed E-state index contributed by atoms with van der Waals surface area (Å²) >= 11 is 0. The molecule has 0 unspecified atom stereocenters. The Morgan fingerprint density at radius 2 is 2.16 bits per heavy atom. The normalized spacial score (nSPS) is 20.7. The first kappa shape index (κ1) is 14.1. The van der Waals surface area contributed by atoms with Gasteiger partial charge in [0.2, 0.25) is 0 Å². The molecular weight excluding hydrogens is 240 g/mol. The van der Waals surface area contributed by atoms with E-state index in [-0.39, 0.29) is 17.5 Å². The molecular formula is C14H24N4O. The Bertz CT molecular complexity index is 472. The molecule has 5 heteroatoms. The zero-order chi connectivity index (χ0) is 14.2. The standard InChI is InChI=1S/C14H24N4O/c1-10-8-12(16-18(10)14(2,3)4)13(19)17-7-5-6-11(15)9-17/h8,11H,5-7,9,15H2,1-4H3/t11-/m1/s1. The SMILES string of the molecule is Cc1cc(C(=O)N2CCC[C@@H](N)C2)nn1C(C)(C)C. The minimum absolute atomic E-state index is 0.00116. The van der Waals surface area contributed by atoms with Crippen LogP contribution >= 0.6 is 0 Å². The molecule has 106 valence electrons. The van der Waals surface area contributed by atoms with Gasteiger partial charge in [-0.05, 0) is 46.6 Å². The fraction of sp³-hybridized carbons (Fsp3) is 0.714. The van der Waals surface area contributed by atoms with E-state index in [1.807, 2.05) is 22.6 Å². The van der Waals surface area contributed by atoms with Gasteiger partial charge in [-0.15, -0.1) is 0 Å². The molecule has 0 aliphatic carbocycles. The van der Waals surface area contributed by atoms with Crippen LogP contribution in [-0.4, -0.2) is 39.7 Å². The first-order chi connectivity index (χ1) is 8.79. The summed E-state index contributed by atoms with van der Waals surface area (Å²) < 4.78 is 1.91. The number of aryl methyl sites for hydroxylation is 1. The lowest BCUT2D eigenvalue weighted by Crippen LogP contribution is -2.45. The van der Waals surface area contributed by atoms with Gasteiger partial charge < -0.3 is 10.6 Å². The van der Waals surface area contributed by atoms with Crippen LogP contribution in [0.5, 0.6) is 0 Å². The van der Waals surface area contributed by atoms with Gasteiger partial charge in [0, 0.05) is 24.8 Å². The molecule has 1 aliphatic rings. The zero-order valence-electron chi connectivity index (χ0n) is 12.3. The maximum Gasteiger partial charge on any atom is 0.274 e. The second-order valence-electron chi connectivity index (χ2n) is 6.41. The first-order valence-corrected chi connectivity index (χ1v) is 6.91. The van der Waals surface area contributed by atoms with Crippen LogP contribution < -0.4 is 5.73 Å². The summed E-state index contributed by atoms with van der Waals surface area (Å²) in [6, 6.07) is 1.97. The Hall–Kier alpha value is -1.36. The molecule has 0 saturated carbocycles. The Balaban J connectivity index is 2.20. The predicted octanol–water partition coefficient (Wildman–Crippen LogP) is 1.51. The van der Waals surface area contributed by atoms with Gasteiger partial charge >= 0.3 is 0 Å². The van der Waals surface area contributed by atoms with Crippen molar-refractivity contribution in [2.75, 3.05) is 13.1 Å². The average molecular weight is 264 g/mol. The van der Waals surface area contributed by atoms with Gasteiger partial charge in [0.1, 0.15) is 0 Å². The van der Waals surface area contributed by atoms with E-state index >= 15 is 0 Å². The van der Waals surface area contributed by atoms with Gasteiger partial charge in [-0.3, -0.25) is 9.48 Å². The third kappa shape index (κ3) is 2.97. The molecule has 2 rings (SSSR count). The number of likely N-dealkylation sites (tertiary alicyclic amines) is 1. The Morgan fingerprint density at radius 3 is 2.68 bits per heavy atom. The Labute approximate surface area is 114 Å². The highest BCUT2D eigenvalue weighted by Crippen LogP contribution is 2.18. The number of aromatic nitrogens is 2. The number of nitrogens with two attached hydrogens (primary N) is 1. The molecule has 2 heterocycles. The van der Waals surface area contributed by atoms with E-state index in [9.17, 15) is 4.79 Å². The zero-order valence-corrected chi connectivity index (χ0v) is 12.3. The van der Waals surface area contributed by atoms with E-state index in [0.717, 1.165) is 25.1 Å². The second kappa shape index (κ2) is 4.96. The number of amides is 1. The van der Waals surface area contributed by atoms with Crippen LogP contribution in [0.3, 0.4) is 0 Å². The van der Waals surface area contributed by atoms with Crippen LogP contribution in [0.15, 0.2) is 6.07 Å². The third-order valence-electron chi connectivity index (χ3n) is 3.49. The number of piperidine rings is 1. The van der Waals surface area contributed by atoms with Crippen molar-refractivity contribution in [3.05, 3.63) is 17.5 Å². The van der Waals surface area contributed by atoms with Gasteiger partial charge in [0.15, 0.2) is 5.69 Å². The second-order valence-corrected chi connectivity index (χ2v) is 6.41. The van der Waals surface area contributed by atoms with Crippen molar-refractivity contribution in [2.45, 2.75) is 52.1 Å². The molecule has 0 radical (unpaired) electrons. The summed E-state index contributed by atoms with van der Waals surface area (Å²) in [4.78, 5) is 14.3. The largest absolute Gasteiger partial charge is 0.336 e. The van der Waals surface area contributed by atoms with Crippen LogP contribution in [-0.2, 0) is 5.54 Å². The van der Waals surface area contributed by atoms with Crippen molar-refractivity contribution in [3.8, 4) is 0 Å². The highest BCUT2D eigenvalue weighted by Gasteiger charge is 2.26. The summed E-state index contributed by atoms with van der Waals surface area (Å²) in [6.45, 7) is 9.65. The van der Waals surface area contributed by atoms with E-state index in [4.69, 9.17) is 5.73 Å². The van der Waals surface area contributed by atoms with E-state index in [1.165, 1.54) is 0 Å². The third-order valence-corrected chi connectivity index (χ3v) is 3.49. The highest BCUT2D eigenvalue weighted by molar-refractivity contribution is 5.92. The fourth-order valence-corrected chi connectivity index (χ4v) is 2.61. The van der Waals surface area contributed by atoms with Gasteiger partial charge in [0.25, 0.3) is 5.91 Å². The van der Waals surface area contributed by atoms with Gasteiger partial charge in [0.05, 0.1) is 5.54 Å². The molecule has 1 fully saturated rings. The Kier molecular flexibility index (Phi) is 3.67. The number of hydrogen-bond donors (Lipinski definition) is 1. The van der Waals surface area contributed by atoms with Gasteiger partial charge in [-0.2, -0.15) is 5.10 Å². The van der Waals surface area contributed by atoms with E-state index in [2.05, 4.69) is 25.9 Å². The minimum atomic E-state index is -0.110. The lowest BCUT2D eigenvalue weighted by Gasteiger charge is -2.30. The lowest BCUT2D eigenvalue weighted by molar-refractivity contribution is 0.0701. The molecule has 1 atom stereocenters. The molecule has 0 aromatic carbocycles. The smallest absolute Gasteiger partial charge is 0.274 e. The van der Waals surface area contributed by atoms with Crippen molar-refractivity contribution in [1.82, 2.24) is 14.7 Å². The predicted molar refractivity (Wildman–Crippen MR) is 75.1 cm³/mol. The molecule has 1 saturated heterocycles. The summed E-state index contributed by atoms with van der Waals surface area (Å²) in [5.74, 6) is 0.00116. The first-order valence-electron chi connectivity index (χ1n) is 6.91. The Morgan fingerprint density at radius 1 is 1.47 bits per heavy atom. The topological polar surface area (TPSA) is 64.2 Å². The number of carbonyl (C=O) groups excluding carboxylic acids is 1. The van der Waals surface area contributed by atoms with Crippen LogP contribution in [0.25, 0.3) is 0 Å². The fourth-order valence-electron chi connectivity index (χ4n) is 2.61. The summed E-state index contributed by atoms with van der Waals surface area (Å²) in [7, 11) is 0. The van der Waals surface area contributed by atoms with Crippen LogP contribution in [0.2, 0.25) is 0 Å². The van der Waals surface area contributed by atoms with Crippen LogP contribution in [0, 0.1) is 6.92 Å². The summed E-state index contributed by atoms with van der Waals surface area (Å²) in [6.07, 6.45) is 1.98. The molecule has 1 aromatic heterocycles. The van der Waals surface area contributed by atoms with Gasteiger partial charge in [-0.1, -0.05) is 0 Å². The van der Waals surface area contributed by atoms with Crippen molar-refractivity contribution < 1.29 is 4.79 Å². The van der Waals surface area contributed by atoms with E-state index in [1.54, 1.807) is 0 Å². The minimum Gasteiger partial charge on any atom is -0.336 e. The lowest BCUT2D eigenvalue weighted by atomic mass is 10.1. The molecule has 0 spiro atoms. The maximum atomic E-state index is 12.4. The number of rotatable bonds is 1. The van der Waals surface area contributed by atoms with E-state index < -0.39 is 0 Å². The van der Waals surface area contributed by atoms with Crippen molar-refractivity contribution in [2.24, 2.45) is 5.73 Å². The molecule has 2 N–H and O–H groups in total. The van der Waals surface area contributed by atoms with Crippen LogP contribution in [0.4, 0.5) is 0 Å². The quantitative estimate of drug-likeness (QED) is 0.836. The number of carbonyl (C=O) groups is 1. The van der Waals surface area contributed by atoms with E-state index in [0.29, 0.717) is 12.2 Å². The highest BCUT2D eigenvalue weighted by atomic mass is 16.2. The van der Waals surface area contributed by atoms with Crippen molar-refractivity contribution in [1.29, 1.82) is 0 Å². The summed E-state index contributed by atoms with van der Waals surface area (Å²) in [5, 5.41) is 4.47. The monoisotopic (exact) mass is 264 g/mol. The molecule has 1 aliphatic heterocycles. The maximum absolute atomic E-state index is 12.4. The average Bonchev–Trinajstić information content (AvgIpc) is 2.70. The molecule has 5 nitrogen and oxygen atoms in total. The number of hydrogen-bond acceptors (Lipinski definition) is 3. The number of nitrogens with zero attached hydrogens (tertiary/aromatic N) is 3. The van der Waals surface area contributed by atoms with Crippen molar-refractivity contribution >= 4 is 5.91 Å².